The Balaban J connectivity index is 1.62. The Morgan fingerprint density at radius 2 is 1.83 bits per heavy atom. The summed E-state index contributed by atoms with van der Waals surface area (Å²) in [6.45, 7) is 1.86. The van der Waals surface area contributed by atoms with E-state index < -0.39 is 5.97 Å². The first kappa shape index (κ1) is 16.1. The molecule has 0 amide bonds. The van der Waals surface area contributed by atoms with Gasteiger partial charge in [0.2, 0.25) is 0 Å². The molecule has 1 aromatic heterocycles. The monoisotopic (exact) mass is 336 g/mol. The number of nitrogens with zero attached hydrogens (tertiary/aromatic N) is 1. The molecule has 3 aromatic rings. The SMILES string of the molecule is Cc1ccc(C(=O)OCC(=N)c2csc(-c3ccccc3)n2)cc1. The van der Waals surface area contributed by atoms with Gasteiger partial charge in [-0.15, -0.1) is 11.3 Å². The molecule has 0 aliphatic rings. The molecule has 0 saturated carbocycles. The molecular weight excluding hydrogens is 320 g/mol. The third kappa shape index (κ3) is 3.75. The van der Waals surface area contributed by atoms with Crippen LogP contribution in [0.5, 0.6) is 0 Å². The van der Waals surface area contributed by atoms with Gasteiger partial charge in [-0.05, 0) is 19.1 Å². The van der Waals surface area contributed by atoms with Gasteiger partial charge in [0, 0.05) is 10.9 Å². The Bertz CT molecular complexity index is 855. The molecule has 0 atom stereocenters. The van der Waals surface area contributed by atoms with Crippen molar-refractivity contribution < 1.29 is 9.53 Å². The maximum Gasteiger partial charge on any atom is 0.338 e. The highest BCUT2D eigenvalue weighted by molar-refractivity contribution is 7.13. The van der Waals surface area contributed by atoms with Crippen molar-refractivity contribution in [2.45, 2.75) is 6.92 Å². The lowest BCUT2D eigenvalue weighted by molar-refractivity contribution is 0.0563. The van der Waals surface area contributed by atoms with E-state index in [0.717, 1.165) is 16.1 Å². The number of benzene rings is 2. The number of hydrogen-bond acceptors (Lipinski definition) is 5. The van der Waals surface area contributed by atoms with Crippen molar-refractivity contribution in [3.63, 3.8) is 0 Å². The van der Waals surface area contributed by atoms with Crippen molar-refractivity contribution in [1.82, 2.24) is 4.98 Å². The molecule has 0 radical (unpaired) electrons. The number of aryl methyl sites for hydroxylation is 1. The normalized spacial score (nSPS) is 10.4. The Kier molecular flexibility index (Phi) is 4.82. The molecule has 1 N–H and O–H groups in total. The first-order chi connectivity index (χ1) is 11.6. The van der Waals surface area contributed by atoms with Gasteiger partial charge in [0.1, 0.15) is 11.6 Å². The molecule has 0 aliphatic heterocycles. The summed E-state index contributed by atoms with van der Waals surface area (Å²) in [5.74, 6) is -0.432. The summed E-state index contributed by atoms with van der Waals surface area (Å²) in [5, 5.41) is 10.7. The number of hydrogen-bond donors (Lipinski definition) is 1. The van der Waals surface area contributed by atoms with Gasteiger partial charge in [0.25, 0.3) is 0 Å². The van der Waals surface area contributed by atoms with Crippen LogP contribution in [-0.2, 0) is 4.74 Å². The molecule has 0 aliphatic carbocycles. The lowest BCUT2D eigenvalue weighted by Gasteiger charge is -2.05. The molecule has 0 fully saturated rings. The van der Waals surface area contributed by atoms with E-state index in [-0.39, 0.29) is 12.3 Å². The van der Waals surface area contributed by atoms with Crippen LogP contribution in [0.15, 0.2) is 60.0 Å². The van der Waals surface area contributed by atoms with Gasteiger partial charge in [-0.1, -0.05) is 48.0 Å². The summed E-state index contributed by atoms with van der Waals surface area (Å²) >= 11 is 1.47. The number of esters is 1. The fraction of sp³-hybridized carbons (Fsp3) is 0.105. The van der Waals surface area contributed by atoms with Crippen molar-refractivity contribution in [3.8, 4) is 10.6 Å². The van der Waals surface area contributed by atoms with E-state index in [9.17, 15) is 4.79 Å². The van der Waals surface area contributed by atoms with Gasteiger partial charge in [0.15, 0.2) is 0 Å². The lowest BCUT2D eigenvalue weighted by atomic mass is 10.1. The number of carbonyl (C=O) groups is 1. The third-order valence-corrected chi connectivity index (χ3v) is 4.36. The average molecular weight is 336 g/mol. The van der Waals surface area contributed by atoms with Gasteiger partial charge in [-0.2, -0.15) is 0 Å². The van der Waals surface area contributed by atoms with Crippen LogP contribution in [0.4, 0.5) is 0 Å². The zero-order valence-electron chi connectivity index (χ0n) is 13.2. The minimum Gasteiger partial charge on any atom is -0.456 e. The average Bonchev–Trinajstić information content (AvgIpc) is 3.11. The molecule has 120 valence electrons. The van der Waals surface area contributed by atoms with Crippen molar-refractivity contribution in [3.05, 3.63) is 76.8 Å². The molecule has 0 saturated heterocycles. The van der Waals surface area contributed by atoms with E-state index in [1.54, 1.807) is 12.1 Å². The topological polar surface area (TPSA) is 63.0 Å². The van der Waals surface area contributed by atoms with Crippen LogP contribution < -0.4 is 0 Å². The summed E-state index contributed by atoms with van der Waals surface area (Å²) in [6, 6.07) is 17.0. The highest BCUT2D eigenvalue weighted by atomic mass is 32.1. The third-order valence-electron chi connectivity index (χ3n) is 3.47. The van der Waals surface area contributed by atoms with Gasteiger partial charge in [0.05, 0.1) is 17.0 Å². The Morgan fingerprint density at radius 3 is 2.54 bits per heavy atom. The second kappa shape index (κ2) is 7.19. The molecular formula is C19H16N2O2S. The highest BCUT2D eigenvalue weighted by Crippen LogP contribution is 2.23. The fourth-order valence-electron chi connectivity index (χ4n) is 2.11. The summed E-state index contributed by atoms with van der Waals surface area (Å²) in [4.78, 5) is 16.4. The second-order valence-electron chi connectivity index (χ2n) is 5.32. The predicted octanol–water partition coefficient (Wildman–Crippen LogP) is 4.34. The standard InChI is InChI=1S/C19H16N2O2S/c1-13-7-9-15(10-8-13)19(22)23-11-16(20)17-12-24-18(21-17)14-5-3-2-4-6-14/h2-10,12,20H,11H2,1H3. The summed E-state index contributed by atoms with van der Waals surface area (Å²) < 4.78 is 5.20. The highest BCUT2D eigenvalue weighted by Gasteiger charge is 2.12. The molecule has 4 nitrogen and oxygen atoms in total. The Hall–Kier alpha value is -2.79. The number of aromatic nitrogens is 1. The molecule has 0 spiro atoms. The first-order valence-electron chi connectivity index (χ1n) is 7.46. The quantitative estimate of drug-likeness (QED) is 0.557. The van der Waals surface area contributed by atoms with E-state index in [1.807, 2.05) is 54.8 Å². The van der Waals surface area contributed by atoms with Crippen molar-refractivity contribution in [1.29, 1.82) is 5.41 Å². The van der Waals surface area contributed by atoms with Crippen molar-refractivity contribution >= 4 is 23.0 Å². The molecule has 24 heavy (non-hydrogen) atoms. The predicted molar refractivity (Wildman–Crippen MR) is 95.8 cm³/mol. The van der Waals surface area contributed by atoms with Gasteiger partial charge < -0.3 is 4.74 Å². The number of carbonyl (C=O) groups excluding carboxylic acids is 1. The van der Waals surface area contributed by atoms with E-state index in [2.05, 4.69) is 4.98 Å². The van der Waals surface area contributed by atoms with Crippen LogP contribution in [0, 0.1) is 12.3 Å². The van der Waals surface area contributed by atoms with E-state index in [1.165, 1.54) is 11.3 Å². The summed E-state index contributed by atoms with van der Waals surface area (Å²) in [7, 11) is 0. The molecule has 0 bridgehead atoms. The van der Waals surface area contributed by atoms with Crippen LogP contribution in [0.2, 0.25) is 0 Å². The zero-order chi connectivity index (χ0) is 16.9. The van der Waals surface area contributed by atoms with Gasteiger partial charge >= 0.3 is 5.97 Å². The summed E-state index contributed by atoms with van der Waals surface area (Å²) in [5.41, 5.74) is 3.30. The van der Waals surface area contributed by atoms with E-state index in [4.69, 9.17) is 10.1 Å². The molecule has 2 aromatic carbocycles. The number of thiazole rings is 1. The van der Waals surface area contributed by atoms with Gasteiger partial charge in [-0.3, -0.25) is 5.41 Å². The van der Waals surface area contributed by atoms with Crippen molar-refractivity contribution in [2.24, 2.45) is 0 Å². The minimum atomic E-state index is -0.432. The Labute approximate surface area is 144 Å². The zero-order valence-corrected chi connectivity index (χ0v) is 14.0. The van der Waals surface area contributed by atoms with Crippen LogP contribution in [0.1, 0.15) is 21.6 Å². The smallest absolute Gasteiger partial charge is 0.338 e. The maximum absolute atomic E-state index is 12.0. The number of nitrogens with one attached hydrogen (secondary N) is 1. The molecule has 0 unspecified atom stereocenters. The van der Waals surface area contributed by atoms with Crippen molar-refractivity contribution in [2.75, 3.05) is 6.61 Å². The lowest BCUT2D eigenvalue weighted by Crippen LogP contribution is -2.14. The van der Waals surface area contributed by atoms with E-state index in [0.29, 0.717) is 11.3 Å². The first-order valence-corrected chi connectivity index (χ1v) is 8.34. The van der Waals surface area contributed by atoms with Crippen LogP contribution in [0.3, 0.4) is 0 Å². The molecule has 3 rings (SSSR count). The number of ether oxygens (including phenoxy) is 1. The largest absolute Gasteiger partial charge is 0.456 e. The second-order valence-corrected chi connectivity index (χ2v) is 6.18. The summed E-state index contributed by atoms with van der Waals surface area (Å²) in [6.07, 6.45) is 0. The van der Waals surface area contributed by atoms with Gasteiger partial charge in [-0.25, -0.2) is 9.78 Å². The molecule has 1 heterocycles. The van der Waals surface area contributed by atoms with Crippen LogP contribution >= 0.6 is 11.3 Å². The van der Waals surface area contributed by atoms with E-state index >= 15 is 0 Å². The maximum atomic E-state index is 12.0. The fourth-order valence-corrected chi connectivity index (χ4v) is 2.95. The minimum absolute atomic E-state index is 0.0926. The van der Waals surface area contributed by atoms with Crippen LogP contribution in [-0.4, -0.2) is 23.3 Å². The molecule has 5 heteroatoms. The Morgan fingerprint density at radius 1 is 1.12 bits per heavy atom. The number of rotatable bonds is 5. The van der Waals surface area contributed by atoms with Crippen LogP contribution in [0.25, 0.3) is 10.6 Å².